The zero-order chi connectivity index (χ0) is 15.8. The van der Waals surface area contributed by atoms with E-state index >= 15 is 0 Å². The molecular weight excluding hydrogens is 270 g/mol. The second kappa shape index (κ2) is 8.14. The first-order valence-electron chi connectivity index (χ1n) is 6.92. The van der Waals surface area contributed by atoms with Crippen LogP contribution in [0.5, 0.6) is 0 Å². The van der Waals surface area contributed by atoms with E-state index in [4.69, 9.17) is 10.5 Å². The number of anilines is 2. The number of carbonyl (C=O) groups is 2. The molecular formula is C15H23N3O3. The van der Waals surface area contributed by atoms with Crippen molar-refractivity contribution in [2.24, 2.45) is 5.92 Å². The molecule has 0 radical (unpaired) electrons. The van der Waals surface area contributed by atoms with E-state index in [9.17, 15) is 9.59 Å². The second-order valence-corrected chi connectivity index (χ2v) is 5.17. The van der Waals surface area contributed by atoms with Gasteiger partial charge in [0.15, 0.2) is 0 Å². The molecule has 1 rings (SSSR count). The van der Waals surface area contributed by atoms with Gasteiger partial charge in [-0.25, -0.2) is 4.79 Å². The lowest BCUT2D eigenvalue weighted by atomic mass is 10.1. The summed E-state index contributed by atoms with van der Waals surface area (Å²) >= 11 is 0. The van der Waals surface area contributed by atoms with E-state index in [1.807, 2.05) is 13.8 Å². The van der Waals surface area contributed by atoms with E-state index in [-0.39, 0.29) is 5.91 Å². The number of rotatable bonds is 7. The Labute approximate surface area is 125 Å². The normalized spacial score (nSPS) is 10.3. The Morgan fingerprint density at radius 1 is 1.33 bits per heavy atom. The molecule has 0 spiro atoms. The van der Waals surface area contributed by atoms with Crippen LogP contribution in [0, 0.1) is 5.92 Å². The van der Waals surface area contributed by atoms with Crippen molar-refractivity contribution in [3.63, 3.8) is 0 Å². The van der Waals surface area contributed by atoms with Crippen LogP contribution in [0.1, 0.15) is 30.6 Å². The number of hydrogen-bond donors (Lipinski definition) is 3. The van der Waals surface area contributed by atoms with Crippen molar-refractivity contribution in [2.45, 2.75) is 20.3 Å². The summed E-state index contributed by atoms with van der Waals surface area (Å²) in [6.07, 6.45) is 0.331. The first-order valence-corrected chi connectivity index (χ1v) is 6.92. The van der Waals surface area contributed by atoms with E-state index in [1.165, 1.54) is 7.11 Å². The summed E-state index contributed by atoms with van der Waals surface area (Å²) < 4.78 is 4.71. The van der Waals surface area contributed by atoms with Gasteiger partial charge in [0.25, 0.3) is 0 Å². The summed E-state index contributed by atoms with van der Waals surface area (Å²) in [4.78, 5) is 23.3. The molecule has 0 atom stereocenters. The van der Waals surface area contributed by atoms with Gasteiger partial charge >= 0.3 is 5.97 Å². The highest BCUT2D eigenvalue weighted by atomic mass is 16.5. The minimum Gasteiger partial charge on any atom is -0.465 e. The van der Waals surface area contributed by atoms with E-state index in [0.717, 1.165) is 0 Å². The van der Waals surface area contributed by atoms with Crippen molar-refractivity contribution in [1.82, 2.24) is 5.32 Å². The molecule has 6 nitrogen and oxygen atoms in total. The fraction of sp³-hybridized carbons (Fsp3) is 0.467. The van der Waals surface area contributed by atoms with Gasteiger partial charge in [-0.05, 0) is 24.1 Å². The van der Waals surface area contributed by atoms with Crippen molar-refractivity contribution < 1.29 is 14.3 Å². The number of amides is 1. The third-order valence-electron chi connectivity index (χ3n) is 2.82. The first kappa shape index (κ1) is 16.8. The van der Waals surface area contributed by atoms with Crippen molar-refractivity contribution in [1.29, 1.82) is 0 Å². The largest absolute Gasteiger partial charge is 0.465 e. The van der Waals surface area contributed by atoms with Crippen molar-refractivity contribution in [3.05, 3.63) is 23.8 Å². The SMILES string of the molecule is COC(=O)c1cc(N)ccc1NCCC(=O)NCC(C)C. The molecule has 0 bridgehead atoms. The number of nitrogens with one attached hydrogen (secondary N) is 2. The summed E-state index contributed by atoms with van der Waals surface area (Å²) in [5.74, 6) is -0.0646. The predicted octanol–water partition coefficient (Wildman–Crippen LogP) is 1.63. The van der Waals surface area contributed by atoms with Crippen molar-refractivity contribution in [3.8, 4) is 0 Å². The summed E-state index contributed by atoms with van der Waals surface area (Å²) in [5, 5.41) is 5.89. The molecule has 116 valence electrons. The molecule has 0 aliphatic heterocycles. The number of ether oxygens (including phenoxy) is 1. The van der Waals surface area contributed by atoms with Crippen LogP contribution >= 0.6 is 0 Å². The zero-order valence-corrected chi connectivity index (χ0v) is 12.7. The van der Waals surface area contributed by atoms with Crippen LogP contribution in [0.25, 0.3) is 0 Å². The molecule has 1 aromatic rings. The Kier molecular flexibility index (Phi) is 6.52. The van der Waals surface area contributed by atoms with Gasteiger partial charge in [-0.1, -0.05) is 13.8 Å². The molecule has 0 heterocycles. The van der Waals surface area contributed by atoms with Gasteiger partial charge in [-0.15, -0.1) is 0 Å². The number of nitrogens with two attached hydrogens (primary N) is 1. The van der Waals surface area contributed by atoms with Crippen LogP contribution in [-0.4, -0.2) is 32.1 Å². The quantitative estimate of drug-likeness (QED) is 0.525. The van der Waals surface area contributed by atoms with E-state index < -0.39 is 5.97 Å². The van der Waals surface area contributed by atoms with Gasteiger partial charge in [0.1, 0.15) is 0 Å². The summed E-state index contributed by atoms with van der Waals surface area (Å²) in [6.45, 7) is 5.16. The van der Waals surface area contributed by atoms with Crippen molar-refractivity contribution in [2.75, 3.05) is 31.2 Å². The van der Waals surface area contributed by atoms with Crippen LogP contribution in [0.3, 0.4) is 0 Å². The van der Waals surface area contributed by atoms with E-state index in [1.54, 1.807) is 18.2 Å². The Morgan fingerprint density at radius 2 is 2.05 bits per heavy atom. The van der Waals surface area contributed by atoms with Crippen LogP contribution in [0.15, 0.2) is 18.2 Å². The topological polar surface area (TPSA) is 93.4 Å². The molecule has 0 unspecified atom stereocenters. The van der Waals surface area contributed by atoms with Crippen LogP contribution in [-0.2, 0) is 9.53 Å². The summed E-state index contributed by atoms with van der Waals surface area (Å²) in [6, 6.07) is 4.94. The van der Waals surface area contributed by atoms with Crippen molar-refractivity contribution >= 4 is 23.3 Å². The minimum absolute atomic E-state index is 0.0220. The van der Waals surface area contributed by atoms with Gasteiger partial charge in [-0.2, -0.15) is 0 Å². The fourth-order valence-electron chi connectivity index (χ4n) is 1.71. The Balaban J connectivity index is 2.55. The van der Waals surface area contributed by atoms with Crippen LogP contribution in [0.4, 0.5) is 11.4 Å². The Hall–Kier alpha value is -2.24. The van der Waals surface area contributed by atoms with Crippen LogP contribution < -0.4 is 16.4 Å². The average Bonchev–Trinajstić information content (AvgIpc) is 2.45. The molecule has 0 saturated heterocycles. The lowest BCUT2D eigenvalue weighted by Gasteiger charge is -2.12. The third-order valence-corrected chi connectivity index (χ3v) is 2.82. The average molecular weight is 293 g/mol. The van der Waals surface area contributed by atoms with Gasteiger partial charge in [0.05, 0.1) is 12.7 Å². The van der Waals surface area contributed by atoms with Crippen LogP contribution in [0.2, 0.25) is 0 Å². The number of methoxy groups -OCH3 is 1. The highest BCUT2D eigenvalue weighted by Crippen LogP contribution is 2.19. The maximum atomic E-state index is 11.7. The number of nitrogen functional groups attached to an aromatic ring is 1. The van der Waals surface area contributed by atoms with E-state index in [0.29, 0.717) is 42.4 Å². The molecule has 0 aromatic heterocycles. The lowest BCUT2D eigenvalue weighted by molar-refractivity contribution is -0.120. The highest BCUT2D eigenvalue weighted by Gasteiger charge is 2.12. The highest BCUT2D eigenvalue weighted by molar-refractivity contribution is 5.96. The zero-order valence-electron chi connectivity index (χ0n) is 12.7. The van der Waals surface area contributed by atoms with Gasteiger partial charge in [0, 0.05) is 30.9 Å². The summed E-state index contributed by atoms with van der Waals surface area (Å²) in [7, 11) is 1.31. The minimum atomic E-state index is -0.464. The van der Waals surface area contributed by atoms with Gasteiger partial charge in [0.2, 0.25) is 5.91 Å². The molecule has 1 aromatic carbocycles. The van der Waals surface area contributed by atoms with Gasteiger partial charge < -0.3 is 21.1 Å². The van der Waals surface area contributed by atoms with E-state index in [2.05, 4.69) is 10.6 Å². The smallest absolute Gasteiger partial charge is 0.340 e. The number of hydrogen-bond acceptors (Lipinski definition) is 5. The molecule has 21 heavy (non-hydrogen) atoms. The third kappa shape index (κ3) is 5.72. The number of carbonyl (C=O) groups excluding carboxylic acids is 2. The molecule has 0 aliphatic carbocycles. The molecule has 0 aliphatic rings. The number of benzene rings is 1. The molecule has 1 amide bonds. The molecule has 0 saturated carbocycles. The maximum absolute atomic E-state index is 11.7. The fourth-order valence-corrected chi connectivity index (χ4v) is 1.71. The number of esters is 1. The standard InChI is InChI=1S/C15H23N3O3/c1-10(2)9-18-14(19)6-7-17-13-5-4-11(16)8-12(13)15(20)21-3/h4-5,8,10,17H,6-7,9,16H2,1-3H3,(H,18,19). The molecule has 4 N–H and O–H groups in total. The Morgan fingerprint density at radius 3 is 2.67 bits per heavy atom. The molecule has 6 heteroatoms. The Bertz CT molecular complexity index is 501. The van der Waals surface area contributed by atoms with Gasteiger partial charge in [-0.3, -0.25) is 4.79 Å². The lowest BCUT2D eigenvalue weighted by Crippen LogP contribution is -2.28. The first-order chi connectivity index (χ1) is 9.93. The monoisotopic (exact) mass is 293 g/mol. The molecule has 0 fully saturated rings. The maximum Gasteiger partial charge on any atom is 0.340 e. The second-order valence-electron chi connectivity index (χ2n) is 5.17. The summed E-state index contributed by atoms with van der Waals surface area (Å²) in [5.41, 5.74) is 7.11. The predicted molar refractivity (Wildman–Crippen MR) is 83.1 cm³/mol.